The van der Waals surface area contributed by atoms with Crippen molar-refractivity contribution in [1.82, 2.24) is 19.7 Å². The van der Waals surface area contributed by atoms with Crippen molar-refractivity contribution in [2.45, 2.75) is 20.5 Å². The number of nitrogens with zero attached hydrogens (tertiary/aromatic N) is 4. The van der Waals surface area contributed by atoms with E-state index in [1.54, 1.807) is 57.9 Å². The minimum Gasteiger partial charge on any atom is -0.493 e. The third kappa shape index (κ3) is 5.46. The number of hydrogen-bond donors (Lipinski definition) is 1. The summed E-state index contributed by atoms with van der Waals surface area (Å²) in [5.41, 5.74) is 2.63. The summed E-state index contributed by atoms with van der Waals surface area (Å²) >= 11 is 1.41. The van der Waals surface area contributed by atoms with E-state index in [9.17, 15) is 9.90 Å². The highest BCUT2D eigenvalue weighted by Gasteiger charge is 2.21. The predicted molar refractivity (Wildman–Crippen MR) is 177 cm³/mol. The van der Waals surface area contributed by atoms with E-state index in [1.165, 1.54) is 16.0 Å². The molecule has 46 heavy (non-hydrogen) atoms. The van der Waals surface area contributed by atoms with E-state index in [-0.39, 0.29) is 12.2 Å². The molecule has 0 bridgehead atoms. The highest BCUT2D eigenvalue weighted by Crippen LogP contribution is 2.43. The van der Waals surface area contributed by atoms with Gasteiger partial charge in [0, 0.05) is 22.7 Å². The SMILES string of the molecule is CCOc1cc2cc(CO)nc(-c3ccnc(-n4nc(-c5cc(OC)c(OC)c(OC)c5)c5sccc5c4=O)c3)c2cc1OCC. The molecule has 0 aliphatic heterocycles. The molecule has 0 unspecified atom stereocenters. The number of hydrogen-bond acceptors (Lipinski definition) is 11. The third-order valence-electron chi connectivity index (χ3n) is 7.39. The van der Waals surface area contributed by atoms with Crippen LogP contribution >= 0.6 is 11.3 Å². The molecular formula is C34H32N4O7S. The second kappa shape index (κ2) is 13.0. The van der Waals surface area contributed by atoms with E-state index < -0.39 is 0 Å². The molecule has 0 saturated heterocycles. The van der Waals surface area contributed by atoms with Gasteiger partial charge in [0.1, 0.15) is 5.69 Å². The van der Waals surface area contributed by atoms with Gasteiger partial charge in [-0.05, 0) is 73.1 Å². The van der Waals surface area contributed by atoms with Crippen LogP contribution in [0.3, 0.4) is 0 Å². The summed E-state index contributed by atoms with van der Waals surface area (Å²) in [5, 5.41) is 18.8. The Morgan fingerprint density at radius 3 is 2.17 bits per heavy atom. The number of benzene rings is 2. The van der Waals surface area contributed by atoms with Gasteiger partial charge in [0.15, 0.2) is 28.8 Å². The van der Waals surface area contributed by atoms with Crippen LogP contribution < -0.4 is 29.2 Å². The maximum Gasteiger partial charge on any atom is 0.281 e. The first-order valence-corrected chi connectivity index (χ1v) is 15.4. The molecule has 0 radical (unpaired) electrons. The average molecular weight is 641 g/mol. The lowest BCUT2D eigenvalue weighted by atomic mass is 10.0. The lowest BCUT2D eigenvalue weighted by Gasteiger charge is -2.16. The molecule has 4 heterocycles. The Labute approximate surface area is 268 Å². The molecule has 0 spiro atoms. The monoisotopic (exact) mass is 640 g/mol. The Morgan fingerprint density at radius 1 is 0.804 bits per heavy atom. The number of thiophene rings is 1. The molecule has 2 aromatic carbocycles. The zero-order chi connectivity index (χ0) is 32.4. The van der Waals surface area contributed by atoms with Gasteiger partial charge < -0.3 is 28.8 Å². The van der Waals surface area contributed by atoms with Crippen LogP contribution in [0.5, 0.6) is 28.7 Å². The van der Waals surface area contributed by atoms with Crippen LogP contribution in [0.25, 0.3) is 49.2 Å². The fourth-order valence-electron chi connectivity index (χ4n) is 5.36. The molecule has 0 fully saturated rings. The van der Waals surface area contributed by atoms with Crippen molar-refractivity contribution in [3.8, 4) is 57.1 Å². The first-order chi connectivity index (χ1) is 22.4. The Hall–Kier alpha value is -5.20. The Bertz CT molecular complexity index is 2100. The van der Waals surface area contributed by atoms with Crippen molar-refractivity contribution in [1.29, 1.82) is 0 Å². The molecule has 0 amide bonds. The summed E-state index contributed by atoms with van der Waals surface area (Å²) in [4.78, 5) is 23.1. The Balaban J connectivity index is 1.56. The van der Waals surface area contributed by atoms with Gasteiger partial charge in [0.05, 0.1) is 62.6 Å². The van der Waals surface area contributed by atoms with Crippen LogP contribution in [0.1, 0.15) is 19.5 Å². The van der Waals surface area contributed by atoms with Crippen molar-refractivity contribution in [2.24, 2.45) is 0 Å². The lowest BCUT2D eigenvalue weighted by Crippen LogP contribution is -2.22. The molecule has 0 saturated carbocycles. The van der Waals surface area contributed by atoms with Crippen LogP contribution in [0, 0.1) is 0 Å². The molecular weight excluding hydrogens is 608 g/mol. The number of aliphatic hydroxyl groups excluding tert-OH is 1. The van der Waals surface area contributed by atoms with Gasteiger partial charge >= 0.3 is 0 Å². The standard InChI is InChI=1S/C34H32N4O7S/c1-6-44-25-13-20-12-22(18-39)36-30(24(20)17-26(25)45-7-2)19-8-10-35-29(16-19)38-34(40)23-9-11-46-33(23)31(37-38)21-14-27(41-3)32(43-5)28(15-21)42-4/h8-17,39H,6-7,18H2,1-5H3. The van der Waals surface area contributed by atoms with E-state index in [2.05, 4.69) is 4.98 Å². The molecule has 0 aliphatic carbocycles. The molecule has 0 aliphatic rings. The average Bonchev–Trinajstić information content (AvgIpc) is 3.58. The number of methoxy groups -OCH3 is 3. The van der Waals surface area contributed by atoms with Crippen molar-refractivity contribution in [3.05, 3.63) is 76.2 Å². The number of aliphatic hydroxyl groups is 1. The Kier molecular flexibility index (Phi) is 8.73. The summed E-state index contributed by atoms with van der Waals surface area (Å²) in [6, 6.07) is 14.5. The van der Waals surface area contributed by atoms with Gasteiger partial charge in [0.2, 0.25) is 5.75 Å². The Morgan fingerprint density at radius 2 is 1.52 bits per heavy atom. The first kappa shape index (κ1) is 30.8. The molecule has 4 aromatic heterocycles. The summed E-state index contributed by atoms with van der Waals surface area (Å²) in [5.74, 6) is 2.85. The van der Waals surface area contributed by atoms with Gasteiger partial charge in [-0.1, -0.05) is 0 Å². The summed E-state index contributed by atoms with van der Waals surface area (Å²) in [6.45, 7) is 4.48. The van der Waals surface area contributed by atoms with E-state index in [4.69, 9.17) is 33.8 Å². The van der Waals surface area contributed by atoms with Crippen LogP contribution in [-0.2, 0) is 6.61 Å². The highest BCUT2D eigenvalue weighted by atomic mass is 32.1. The van der Waals surface area contributed by atoms with Crippen LogP contribution in [0.4, 0.5) is 0 Å². The zero-order valence-electron chi connectivity index (χ0n) is 26.0. The predicted octanol–water partition coefficient (Wildman–Crippen LogP) is 6.04. The van der Waals surface area contributed by atoms with Gasteiger partial charge in [-0.25, -0.2) is 9.97 Å². The fourth-order valence-corrected chi connectivity index (χ4v) is 6.26. The smallest absolute Gasteiger partial charge is 0.281 e. The number of ether oxygens (including phenoxy) is 5. The molecule has 11 nitrogen and oxygen atoms in total. The van der Waals surface area contributed by atoms with E-state index >= 15 is 0 Å². The van der Waals surface area contributed by atoms with Gasteiger partial charge in [0.25, 0.3) is 5.56 Å². The van der Waals surface area contributed by atoms with E-state index in [0.717, 1.165) is 10.8 Å². The lowest BCUT2D eigenvalue weighted by molar-refractivity contribution is 0.277. The van der Waals surface area contributed by atoms with E-state index in [0.29, 0.717) is 86.1 Å². The van der Waals surface area contributed by atoms with Gasteiger partial charge in [-0.15, -0.1) is 11.3 Å². The summed E-state index contributed by atoms with van der Waals surface area (Å²) in [6.07, 6.45) is 1.60. The maximum atomic E-state index is 13.8. The summed E-state index contributed by atoms with van der Waals surface area (Å²) in [7, 11) is 4.63. The largest absolute Gasteiger partial charge is 0.493 e. The minimum atomic E-state index is -0.320. The molecule has 12 heteroatoms. The molecule has 6 aromatic rings. The second-order valence-corrected chi connectivity index (χ2v) is 11.0. The number of pyridine rings is 2. The molecule has 0 atom stereocenters. The maximum absolute atomic E-state index is 13.8. The van der Waals surface area contributed by atoms with Crippen molar-refractivity contribution < 1.29 is 28.8 Å². The topological polar surface area (TPSA) is 127 Å². The molecule has 236 valence electrons. The highest BCUT2D eigenvalue weighted by molar-refractivity contribution is 7.17. The van der Waals surface area contributed by atoms with Crippen molar-refractivity contribution in [2.75, 3.05) is 34.5 Å². The number of fused-ring (bicyclic) bond motifs is 2. The summed E-state index contributed by atoms with van der Waals surface area (Å²) < 4.78 is 30.4. The first-order valence-electron chi connectivity index (χ1n) is 14.6. The fraction of sp³-hybridized carbons (Fsp3) is 0.235. The van der Waals surface area contributed by atoms with Crippen LogP contribution in [0.2, 0.25) is 0 Å². The van der Waals surface area contributed by atoms with Crippen LogP contribution in [-0.4, -0.2) is 59.4 Å². The number of aromatic nitrogens is 4. The normalized spacial score (nSPS) is 11.2. The quantitative estimate of drug-likeness (QED) is 0.179. The van der Waals surface area contributed by atoms with Gasteiger partial charge in [-0.2, -0.15) is 9.78 Å². The van der Waals surface area contributed by atoms with Crippen molar-refractivity contribution in [3.63, 3.8) is 0 Å². The van der Waals surface area contributed by atoms with Crippen molar-refractivity contribution >= 4 is 32.2 Å². The minimum absolute atomic E-state index is 0.258. The van der Waals surface area contributed by atoms with Crippen LogP contribution in [0.15, 0.2) is 64.9 Å². The third-order valence-corrected chi connectivity index (χ3v) is 8.31. The molecule has 1 N–H and O–H groups in total. The van der Waals surface area contributed by atoms with Gasteiger partial charge in [-0.3, -0.25) is 4.79 Å². The second-order valence-electron chi connectivity index (χ2n) is 10.1. The number of rotatable bonds is 11. The zero-order valence-corrected chi connectivity index (χ0v) is 26.8. The molecule has 6 rings (SSSR count). The van der Waals surface area contributed by atoms with E-state index in [1.807, 2.05) is 37.4 Å².